The summed E-state index contributed by atoms with van der Waals surface area (Å²) in [5, 5.41) is 0. The lowest BCUT2D eigenvalue weighted by Gasteiger charge is -2.10. The van der Waals surface area contributed by atoms with Crippen LogP contribution in [0.25, 0.3) is 6.08 Å². The second-order valence-corrected chi connectivity index (χ2v) is 2.25. The highest BCUT2D eigenvalue weighted by atomic mass is 24.3. The Bertz CT molecular complexity index is 268. The van der Waals surface area contributed by atoms with Crippen LogP contribution in [0.2, 0.25) is 0 Å². The van der Waals surface area contributed by atoms with Crippen molar-refractivity contribution in [2.75, 3.05) is 6.61 Å². The third-order valence-corrected chi connectivity index (χ3v) is 1.55. The van der Waals surface area contributed by atoms with Gasteiger partial charge in [0.1, 0.15) is 12.4 Å². The van der Waals surface area contributed by atoms with Crippen LogP contribution in [0.5, 0.6) is 5.75 Å². The van der Waals surface area contributed by atoms with Crippen molar-refractivity contribution < 1.29 is 4.74 Å². The van der Waals surface area contributed by atoms with Crippen molar-refractivity contribution in [3.63, 3.8) is 0 Å². The Labute approximate surface area is 89.6 Å². The number of para-hydroxylation sites is 1. The summed E-state index contributed by atoms with van der Waals surface area (Å²) in [5.41, 5.74) is 1.17. The number of benzene rings is 1. The number of fused-ring (bicyclic) bond motifs is 1. The summed E-state index contributed by atoms with van der Waals surface area (Å²) >= 11 is 0. The van der Waals surface area contributed by atoms with Crippen molar-refractivity contribution in [3.05, 3.63) is 35.9 Å². The summed E-state index contributed by atoms with van der Waals surface area (Å²) in [6.45, 7) is 0.705. The second kappa shape index (κ2) is 5.22. The van der Waals surface area contributed by atoms with E-state index >= 15 is 0 Å². The zero-order valence-corrected chi connectivity index (χ0v) is 5.58. The molecule has 2 heteroatoms. The molecule has 0 saturated heterocycles. The summed E-state index contributed by atoms with van der Waals surface area (Å²) in [4.78, 5) is 0. The number of rotatable bonds is 0. The first kappa shape index (κ1) is 11.5. The van der Waals surface area contributed by atoms with Gasteiger partial charge in [0, 0.05) is 5.56 Å². The number of ether oxygens (including phenoxy) is 1. The van der Waals surface area contributed by atoms with E-state index in [4.69, 9.17) is 4.74 Å². The maximum absolute atomic E-state index is 5.34. The van der Waals surface area contributed by atoms with Crippen molar-refractivity contribution in [2.24, 2.45) is 0 Å². The summed E-state index contributed by atoms with van der Waals surface area (Å²) in [5.74, 6) is 0.991. The topological polar surface area (TPSA) is 9.23 Å². The summed E-state index contributed by atoms with van der Waals surface area (Å²) < 4.78 is 5.34. The summed E-state index contributed by atoms with van der Waals surface area (Å²) in [7, 11) is 0. The highest BCUT2D eigenvalue weighted by Crippen LogP contribution is 2.21. The lowest BCUT2D eigenvalue weighted by Crippen LogP contribution is -1.98. The fourth-order valence-electron chi connectivity index (χ4n) is 1.06. The first-order valence-corrected chi connectivity index (χ1v) is 3.35. The predicted molar refractivity (Wildman–Crippen MR) is 56.2 cm³/mol. The largest absolute Gasteiger partial charge is 0.489 e. The van der Waals surface area contributed by atoms with E-state index in [9.17, 15) is 0 Å². The predicted octanol–water partition coefficient (Wildman–Crippen LogP) is 1.81. The van der Waals surface area contributed by atoms with Gasteiger partial charge in [-0.3, -0.25) is 0 Å². The van der Waals surface area contributed by atoms with Crippen LogP contribution in [0.4, 0.5) is 0 Å². The molecule has 62 valence electrons. The molecule has 0 saturated carbocycles. The van der Waals surface area contributed by atoms with Crippen molar-refractivity contribution in [1.29, 1.82) is 0 Å². The van der Waals surface area contributed by atoms with Gasteiger partial charge in [-0.05, 0) is 12.1 Å². The lowest BCUT2D eigenvalue weighted by atomic mass is 10.1. The fourth-order valence-corrected chi connectivity index (χ4v) is 1.06. The zero-order chi connectivity index (χ0) is 6.81. The van der Waals surface area contributed by atoms with E-state index in [-0.39, 0.29) is 30.5 Å². The molecule has 0 aromatic heterocycles. The Morgan fingerprint density at radius 3 is 2.67 bits per heavy atom. The maximum atomic E-state index is 5.34. The number of hydrogen-bond donors (Lipinski definition) is 0. The standard InChI is InChI=1S/C9H8O.CH4.Mg.2H/c1-2-6-9-8(4-1)5-3-7-10-9;;;;/h1-6H,7H2;1H4;;;. The van der Waals surface area contributed by atoms with Gasteiger partial charge in [-0.15, -0.1) is 0 Å². The molecule has 0 unspecified atom stereocenters. The van der Waals surface area contributed by atoms with Crippen molar-refractivity contribution >= 4 is 29.1 Å². The third kappa shape index (κ3) is 2.25. The molecule has 0 fully saturated rings. The van der Waals surface area contributed by atoms with Crippen LogP contribution in [-0.2, 0) is 0 Å². The van der Waals surface area contributed by atoms with Gasteiger partial charge in [0.15, 0.2) is 0 Å². The van der Waals surface area contributed by atoms with E-state index in [0.29, 0.717) is 6.61 Å². The van der Waals surface area contributed by atoms with Gasteiger partial charge in [0.25, 0.3) is 0 Å². The van der Waals surface area contributed by atoms with Crippen LogP contribution < -0.4 is 4.74 Å². The molecule has 2 rings (SSSR count). The van der Waals surface area contributed by atoms with E-state index in [2.05, 4.69) is 6.08 Å². The molecule has 0 aliphatic carbocycles. The van der Waals surface area contributed by atoms with Crippen molar-refractivity contribution in [2.45, 2.75) is 7.43 Å². The Balaban J connectivity index is 0.000000605. The molecule has 1 aliphatic rings. The van der Waals surface area contributed by atoms with E-state index < -0.39 is 0 Å². The minimum atomic E-state index is 0. The Morgan fingerprint density at radius 1 is 1.17 bits per heavy atom. The smallest absolute Gasteiger partial charge is 0.316 e. The van der Waals surface area contributed by atoms with Crippen LogP contribution >= 0.6 is 0 Å². The Kier molecular flexibility index (Phi) is 5.01. The van der Waals surface area contributed by atoms with Gasteiger partial charge in [0.2, 0.25) is 0 Å². The molecule has 0 amide bonds. The van der Waals surface area contributed by atoms with Crippen LogP contribution in [0.15, 0.2) is 30.3 Å². The van der Waals surface area contributed by atoms with Gasteiger partial charge in [-0.2, -0.15) is 0 Å². The minimum Gasteiger partial charge on any atom is -0.489 e. The lowest BCUT2D eigenvalue weighted by molar-refractivity contribution is 0.358. The van der Waals surface area contributed by atoms with Crippen LogP contribution in [-0.4, -0.2) is 29.7 Å². The molecular formula is C10H14MgO. The van der Waals surface area contributed by atoms with Crippen molar-refractivity contribution in [1.82, 2.24) is 0 Å². The fraction of sp³-hybridized carbons (Fsp3) is 0.200. The second-order valence-electron chi connectivity index (χ2n) is 2.25. The Hall–Kier alpha value is -0.474. The molecule has 1 aromatic rings. The highest BCUT2D eigenvalue weighted by molar-refractivity contribution is 5.75. The third-order valence-electron chi connectivity index (χ3n) is 1.55. The number of hydrogen-bond acceptors (Lipinski definition) is 1. The zero-order valence-electron chi connectivity index (χ0n) is 5.58. The molecule has 0 atom stereocenters. The molecule has 0 N–H and O–H groups in total. The first-order valence-electron chi connectivity index (χ1n) is 3.35. The van der Waals surface area contributed by atoms with E-state index in [0.717, 1.165) is 5.75 Å². The molecule has 1 heterocycles. The normalized spacial score (nSPS) is 11.7. The van der Waals surface area contributed by atoms with Crippen LogP contribution in [0.1, 0.15) is 13.0 Å². The first-order chi connectivity index (χ1) is 4.97. The quantitative estimate of drug-likeness (QED) is 0.545. The maximum Gasteiger partial charge on any atom is 0.316 e. The SMILES string of the molecule is C.C1=Cc2ccccc2OC1.[MgH2]. The van der Waals surface area contributed by atoms with Crippen LogP contribution in [0.3, 0.4) is 0 Å². The van der Waals surface area contributed by atoms with Crippen LogP contribution in [0, 0.1) is 0 Å². The van der Waals surface area contributed by atoms with Gasteiger partial charge in [-0.1, -0.05) is 31.7 Å². The van der Waals surface area contributed by atoms with Gasteiger partial charge in [0.05, 0.1) is 0 Å². The highest BCUT2D eigenvalue weighted by Gasteiger charge is 2.01. The van der Waals surface area contributed by atoms with E-state index in [1.54, 1.807) is 0 Å². The van der Waals surface area contributed by atoms with Crippen molar-refractivity contribution in [3.8, 4) is 5.75 Å². The monoisotopic (exact) mass is 174 g/mol. The average molecular weight is 175 g/mol. The van der Waals surface area contributed by atoms with E-state index in [1.807, 2.05) is 30.3 Å². The Morgan fingerprint density at radius 2 is 1.92 bits per heavy atom. The van der Waals surface area contributed by atoms with Gasteiger partial charge in [-0.25, -0.2) is 0 Å². The van der Waals surface area contributed by atoms with Gasteiger partial charge < -0.3 is 4.74 Å². The molecule has 1 aliphatic heterocycles. The molecule has 0 radical (unpaired) electrons. The molecule has 12 heavy (non-hydrogen) atoms. The molecule has 1 aromatic carbocycles. The molecule has 1 nitrogen and oxygen atoms in total. The summed E-state index contributed by atoms with van der Waals surface area (Å²) in [6.07, 6.45) is 4.10. The summed E-state index contributed by atoms with van der Waals surface area (Å²) in [6, 6.07) is 8.03. The minimum absolute atomic E-state index is 0. The average Bonchev–Trinajstić information content (AvgIpc) is 2.05. The van der Waals surface area contributed by atoms with E-state index in [1.165, 1.54) is 5.56 Å². The van der Waals surface area contributed by atoms with Gasteiger partial charge >= 0.3 is 23.1 Å². The molecular weight excluding hydrogens is 160 g/mol. The molecule has 0 bridgehead atoms. The molecule has 0 spiro atoms.